The predicted octanol–water partition coefficient (Wildman–Crippen LogP) is 2.98. The summed E-state index contributed by atoms with van der Waals surface area (Å²) in [7, 11) is 3.37. The molecule has 22 heavy (non-hydrogen) atoms. The summed E-state index contributed by atoms with van der Waals surface area (Å²) in [6, 6.07) is 8.33. The summed E-state index contributed by atoms with van der Waals surface area (Å²) in [5.41, 5.74) is 2.51. The number of rotatable bonds is 7. The first kappa shape index (κ1) is 16.1. The van der Waals surface area contributed by atoms with Crippen LogP contribution in [-0.2, 0) is 15.9 Å². The molecule has 0 aliphatic heterocycles. The molecule has 5 nitrogen and oxygen atoms in total. The molecule has 5 heteroatoms. The van der Waals surface area contributed by atoms with Gasteiger partial charge < -0.3 is 19.4 Å². The summed E-state index contributed by atoms with van der Waals surface area (Å²) in [4.78, 5) is 16.3. The first-order chi connectivity index (χ1) is 10.7. The highest BCUT2D eigenvalue weighted by Gasteiger charge is 2.04. The van der Waals surface area contributed by atoms with Crippen LogP contribution in [0.2, 0.25) is 0 Å². The van der Waals surface area contributed by atoms with Crippen molar-refractivity contribution in [2.45, 2.75) is 6.42 Å². The number of aromatic nitrogens is 1. The lowest BCUT2D eigenvalue weighted by Crippen LogP contribution is -2.21. The molecule has 0 saturated heterocycles. The van der Waals surface area contributed by atoms with Crippen LogP contribution in [0.5, 0.6) is 0 Å². The van der Waals surface area contributed by atoms with Crippen LogP contribution in [0.1, 0.15) is 5.56 Å². The zero-order valence-corrected chi connectivity index (χ0v) is 13.0. The molecule has 0 aliphatic rings. The van der Waals surface area contributed by atoms with E-state index in [4.69, 9.17) is 4.74 Å². The van der Waals surface area contributed by atoms with E-state index in [0.29, 0.717) is 0 Å². The minimum absolute atomic E-state index is 0.239. The van der Waals surface area contributed by atoms with E-state index >= 15 is 0 Å². The van der Waals surface area contributed by atoms with Crippen LogP contribution in [0.4, 0.5) is 4.79 Å². The lowest BCUT2D eigenvalue weighted by molar-refractivity contribution is 0.0817. The molecule has 0 saturated carbocycles. The van der Waals surface area contributed by atoms with E-state index < -0.39 is 6.16 Å². The number of methoxy groups -OCH3 is 1. The van der Waals surface area contributed by atoms with Crippen molar-refractivity contribution in [2.75, 3.05) is 33.9 Å². The van der Waals surface area contributed by atoms with Crippen LogP contribution in [0.3, 0.4) is 0 Å². The van der Waals surface area contributed by atoms with Crippen molar-refractivity contribution in [3.63, 3.8) is 0 Å². The Balaban J connectivity index is 1.72. The van der Waals surface area contributed by atoms with Gasteiger partial charge in [0.25, 0.3) is 0 Å². The number of hydrogen-bond acceptors (Lipinski definition) is 4. The Bertz CT molecular complexity index is 634. The third kappa shape index (κ3) is 4.63. The second kappa shape index (κ2) is 8.24. The number of benzene rings is 1. The van der Waals surface area contributed by atoms with Crippen molar-refractivity contribution >= 4 is 17.1 Å². The maximum absolute atomic E-state index is 10.8. The fourth-order valence-electron chi connectivity index (χ4n) is 2.24. The predicted molar refractivity (Wildman–Crippen MR) is 87.0 cm³/mol. The Morgan fingerprint density at radius 3 is 2.95 bits per heavy atom. The smallest absolute Gasteiger partial charge is 0.438 e. The minimum atomic E-state index is -0.655. The van der Waals surface area contributed by atoms with E-state index in [9.17, 15) is 4.79 Å². The van der Waals surface area contributed by atoms with Crippen molar-refractivity contribution in [3.05, 3.63) is 48.2 Å². The van der Waals surface area contributed by atoms with Crippen LogP contribution in [-0.4, -0.2) is 49.9 Å². The largest absolute Gasteiger partial charge is 0.508 e. The fraction of sp³-hybridized carbons (Fsp3) is 0.353. The van der Waals surface area contributed by atoms with Gasteiger partial charge >= 0.3 is 6.16 Å². The summed E-state index contributed by atoms with van der Waals surface area (Å²) < 4.78 is 9.15. The third-order valence-electron chi connectivity index (χ3n) is 3.49. The summed E-state index contributed by atoms with van der Waals surface area (Å²) in [5, 5.41) is 1.29. The summed E-state index contributed by atoms with van der Waals surface area (Å²) in [6.45, 7) is 2.01. The number of fused-ring (bicyclic) bond motifs is 1. The number of nitrogens with one attached hydrogen (secondary N) is 1. The molecular weight excluding hydrogens is 280 g/mol. The van der Waals surface area contributed by atoms with Gasteiger partial charge in [0.15, 0.2) is 0 Å². The Kier molecular flexibility index (Phi) is 6.03. The van der Waals surface area contributed by atoms with Crippen molar-refractivity contribution < 1.29 is 14.3 Å². The van der Waals surface area contributed by atoms with Gasteiger partial charge in [0.1, 0.15) is 6.61 Å². The number of para-hydroxylation sites is 1. The minimum Gasteiger partial charge on any atom is -0.438 e. The monoisotopic (exact) mass is 302 g/mol. The molecule has 0 spiro atoms. The second-order valence-corrected chi connectivity index (χ2v) is 5.11. The molecule has 0 bridgehead atoms. The Hall–Kier alpha value is -2.27. The van der Waals surface area contributed by atoms with Crippen molar-refractivity contribution in [1.29, 1.82) is 0 Å². The fourth-order valence-corrected chi connectivity index (χ4v) is 2.24. The number of hydrogen-bond donors (Lipinski definition) is 1. The standard InChI is InChI=1S/C17H22N2O3/c1-19(10-5-6-12-22-17(20)21-2)11-9-14-13-18-16-8-4-3-7-15(14)16/h3-8,13,18H,9-12H2,1-2H3/b6-5+. The number of carbonyl (C=O) groups excluding carboxylic acids is 1. The Morgan fingerprint density at radius 1 is 1.32 bits per heavy atom. The highest BCUT2D eigenvalue weighted by atomic mass is 16.7. The average molecular weight is 302 g/mol. The van der Waals surface area contributed by atoms with Crippen LogP contribution >= 0.6 is 0 Å². The van der Waals surface area contributed by atoms with Crippen LogP contribution in [0.25, 0.3) is 10.9 Å². The molecule has 1 heterocycles. The van der Waals surface area contributed by atoms with Gasteiger partial charge in [0, 0.05) is 30.2 Å². The van der Waals surface area contributed by atoms with E-state index in [1.165, 1.54) is 23.6 Å². The van der Waals surface area contributed by atoms with E-state index in [1.54, 1.807) is 0 Å². The van der Waals surface area contributed by atoms with E-state index in [2.05, 4.69) is 46.1 Å². The van der Waals surface area contributed by atoms with Crippen LogP contribution in [0.15, 0.2) is 42.6 Å². The molecule has 1 aromatic heterocycles. The van der Waals surface area contributed by atoms with Gasteiger partial charge in [-0.3, -0.25) is 0 Å². The zero-order valence-electron chi connectivity index (χ0n) is 13.0. The van der Waals surface area contributed by atoms with E-state index in [1.807, 2.05) is 18.2 Å². The first-order valence-corrected chi connectivity index (χ1v) is 7.30. The van der Waals surface area contributed by atoms with Crippen molar-refractivity contribution in [3.8, 4) is 0 Å². The quantitative estimate of drug-likeness (QED) is 0.631. The first-order valence-electron chi connectivity index (χ1n) is 7.30. The molecule has 2 aromatic rings. The van der Waals surface area contributed by atoms with Gasteiger partial charge in [0.05, 0.1) is 7.11 Å². The topological polar surface area (TPSA) is 54.6 Å². The van der Waals surface area contributed by atoms with Gasteiger partial charge in [-0.1, -0.05) is 24.3 Å². The highest BCUT2D eigenvalue weighted by Crippen LogP contribution is 2.18. The van der Waals surface area contributed by atoms with Crippen molar-refractivity contribution in [2.24, 2.45) is 0 Å². The van der Waals surface area contributed by atoms with Gasteiger partial charge in [-0.25, -0.2) is 4.79 Å². The van der Waals surface area contributed by atoms with Gasteiger partial charge in [-0.05, 0) is 31.2 Å². The molecule has 0 unspecified atom stereocenters. The van der Waals surface area contributed by atoms with Crippen molar-refractivity contribution in [1.82, 2.24) is 9.88 Å². The normalized spacial score (nSPS) is 11.4. The van der Waals surface area contributed by atoms with Gasteiger partial charge in [-0.15, -0.1) is 0 Å². The van der Waals surface area contributed by atoms with E-state index in [0.717, 1.165) is 19.5 Å². The second-order valence-electron chi connectivity index (χ2n) is 5.11. The summed E-state index contributed by atoms with van der Waals surface area (Å²) in [5.74, 6) is 0. The number of ether oxygens (including phenoxy) is 2. The molecule has 0 aliphatic carbocycles. The lowest BCUT2D eigenvalue weighted by atomic mass is 10.1. The number of H-pyrrole nitrogens is 1. The van der Waals surface area contributed by atoms with Gasteiger partial charge in [-0.2, -0.15) is 0 Å². The molecule has 0 amide bonds. The lowest BCUT2D eigenvalue weighted by Gasteiger charge is -2.13. The molecule has 118 valence electrons. The number of nitrogens with zero attached hydrogens (tertiary/aromatic N) is 1. The van der Waals surface area contributed by atoms with Crippen LogP contribution < -0.4 is 0 Å². The maximum atomic E-state index is 10.8. The maximum Gasteiger partial charge on any atom is 0.508 e. The molecule has 0 fully saturated rings. The Morgan fingerprint density at radius 2 is 2.14 bits per heavy atom. The summed E-state index contributed by atoms with van der Waals surface area (Å²) >= 11 is 0. The molecular formula is C17H22N2O3. The highest BCUT2D eigenvalue weighted by molar-refractivity contribution is 5.83. The zero-order chi connectivity index (χ0) is 15.8. The molecule has 0 radical (unpaired) electrons. The molecule has 2 rings (SSSR count). The van der Waals surface area contributed by atoms with Gasteiger partial charge in [0.2, 0.25) is 0 Å². The number of carbonyl (C=O) groups is 1. The van der Waals surface area contributed by atoms with Crippen LogP contribution in [0, 0.1) is 0 Å². The van der Waals surface area contributed by atoms with E-state index in [-0.39, 0.29) is 6.61 Å². The average Bonchev–Trinajstić information content (AvgIpc) is 2.95. The Labute approximate surface area is 130 Å². The number of likely N-dealkylation sites (N-methyl/N-ethyl adjacent to an activating group) is 1. The summed E-state index contributed by atoms with van der Waals surface area (Å²) in [6.07, 6.45) is 6.22. The molecule has 0 atom stereocenters. The third-order valence-corrected chi connectivity index (χ3v) is 3.49. The SMILES string of the molecule is COC(=O)OC/C=C/CN(C)CCc1c[nH]c2ccccc12. The molecule has 1 aromatic carbocycles. The number of aromatic amines is 1. The molecule has 1 N–H and O–H groups in total.